The maximum absolute atomic E-state index is 10.8. The standard InChI is InChI=1S/C9H16O7/c1-4(11)15-8-5(3-10)16-9(14-2)7(13)6(8)12/h5-10,12-13H,3H2,1-2H3/t5-,6-,7+,8+,9-/m0/s1. The number of aliphatic hydroxyl groups excluding tert-OH is 3. The fourth-order valence-electron chi connectivity index (χ4n) is 1.58. The van der Waals surface area contributed by atoms with Crippen LogP contribution >= 0.6 is 0 Å². The summed E-state index contributed by atoms with van der Waals surface area (Å²) >= 11 is 0. The highest BCUT2D eigenvalue weighted by Crippen LogP contribution is 2.23. The minimum atomic E-state index is -1.36. The van der Waals surface area contributed by atoms with Gasteiger partial charge in [-0.3, -0.25) is 4.79 Å². The van der Waals surface area contributed by atoms with E-state index in [0.29, 0.717) is 0 Å². The second-order valence-electron chi connectivity index (χ2n) is 3.52. The molecule has 3 N–H and O–H groups in total. The van der Waals surface area contributed by atoms with Crippen LogP contribution in [-0.2, 0) is 19.0 Å². The Kier molecular flexibility index (Phi) is 4.63. The minimum absolute atomic E-state index is 0.457. The van der Waals surface area contributed by atoms with Crippen molar-refractivity contribution in [1.82, 2.24) is 0 Å². The van der Waals surface area contributed by atoms with Crippen molar-refractivity contribution in [3.05, 3.63) is 0 Å². The van der Waals surface area contributed by atoms with Gasteiger partial charge in [-0.2, -0.15) is 0 Å². The van der Waals surface area contributed by atoms with Crippen molar-refractivity contribution in [2.45, 2.75) is 37.6 Å². The second kappa shape index (κ2) is 5.55. The van der Waals surface area contributed by atoms with Crippen molar-refractivity contribution in [2.75, 3.05) is 13.7 Å². The van der Waals surface area contributed by atoms with Crippen LogP contribution in [0.3, 0.4) is 0 Å². The molecule has 0 bridgehead atoms. The average molecular weight is 236 g/mol. The highest BCUT2D eigenvalue weighted by Gasteiger charge is 2.46. The number of hydrogen-bond acceptors (Lipinski definition) is 7. The summed E-state index contributed by atoms with van der Waals surface area (Å²) in [6, 6.07) is 0. The zero-order valence-electron chi connectivity index (χ0n) is 9.07. The molecular weight excluding hydrogens is 220 g/mol. The summed E-state index contributed by atoms with van der Waals surface area (Å²) in [6.07, 6.45) is -5.79. The fourth-order valence-corrected chi connectivity index (χ4v) is 1.58. The molecule has 1 aliphatic heterocycles. The fraction of sp³-hybridized carbons (Fsp3) is 0.889. The molecule has 0 unspecified atom stereocenters. The summed E-state index contributed by atoms with van der Waals surface area (Å²) < 4.78 is 14.7. The number of rotatable bonds is 3. The molecule has 0 saturated carbocycles. The van der Waals surface area contributed by atoms with E-state index in [-0.39, 0.29) is 0 Å². The Morgan fingerprint density at radius 1 is 1.38 bits per heavy atom. The van der Waals surface area contributed by atoms with E-state index in [2.05, 4.69) is 0 Å². The van der Waals surface area contributed by atoms with E-state index >= 15 is 0 Å². The Labute approximate surface area is 92.5 Å². The maximum atomic E-state index is 10.8. The highest BCUT2D eigenvalue weighted by molar-refractivity contribution is 5.66. The van der Waals surface area contributed by atoms with E-state index in [0.717, 1.165) is 6.92 Å². The van der Waals surface area contributed by atoms with Gasteiger partial charge in [-0.25, -0.2) is 0 Å². The van der Waals surface area contributed by atoms with Gasteiger partial charge in [-0.05, 0) is 0 Å². The van der Waals surface area contributed by atoms with E-state index < -0.39 is 43.3 Å². The third-order valence-electron chi connectivity index (χ3n) is 2.36. The lowest BCUT2D eigenvalue weighted by Gasteiger charge is -2.40. The molecule has 0 spiro atoms. The van der Waals surface area contributed by atoms with E-state index in [4.69, 9.17) is 19.3 Å². The first-order valence-electron chi connectivity index (χ1n) is 4.83. The molecule has 0 radical (unpaired) electrons. The number of ether oxygens (including phenoxy) is 3. The SMILES string of the molecule is CO[C@H]1O[C@@H](CO)[C@@H](OC(C)=O)[C@@H](O)[C@H]1O. The number of aliphatic hydroxyl groups is 3. The van der Waals surface area contributed by atoms with Gasteiger partial charge in [-0.15, -0.1) is 0 Å². The average Bonchev–Trinajstić information content (AvgIpc) is 2.25. The number of methoxy groups -OCH3 is 1. The molecule has 7 heteroatoms. The number of carbonyl (C=O) groups is 1. The number of carbonyl (C=O) groups excluding carboxylic acids is 1. The van der Waals surface area contributed by atoms with Crippen LogP contribution in [0.2, 0.25) is 0 Å². The van der Waals surface area contributed by atoms with Gasteiger partial charge < -0.3 is 29.5 Å². The molecule has 0 aromatic rings. The molecule has 1 rings (SSSR count). The summed E-state index contributed by atoms with van der Waals surface area (Å²) in [4.78, 5) is 10.8. The molecule has 1 saturated heterocycles. The van der Waals surface area contributed by atoms with Gasteiger partial charge in [0.05, 0.1) is 6.61 Å². The van der Waals surface area contributed by atoms with Crippen molar-refractivity contribution in [3.63, 3.8) is 0 Å². The number of esters is 1. The van der Waals surface area contributed by atoms with Gasteiger partial charge in [0.1, 0.15) is 18.3 Å². The molecule has 0 aliphatic carbocycles. The van der Waals surface area contributed by atoms with Crippen LogP contribution in [-0.4, -0.2) is 65.7 Å². The molecule has 94 valence electrons. The molecule has 0 aromatic carbocycles. The molecule has 0 amide bonds. The normalized spacial score (nSPS) is 39.4. The highest BCUT2D eigenvalue weighted by atomic mass is 16.7. The van der Waals surface area contributed by atoms with Crippen molar-refractivity contribution in [2.24, 2.45) is 0 Å². The van der Waals surface area contributed by atoms with Crippen molar-refractivity contribution >= 4 is 5.97 Å². The molecule has 1 aliphatic rings. The van der Waals surface area contributed by atoms with Gasteiger partial charge >= 0.3 is 5.97 Å². The first-order chi connectivity index (χ1) is 7.51. The molecular formula is C9H16O7. The predicted octanol–water partition coefficient (Wildman–Crippen LogP) is -2.00. The Morgan fingerprint density at radius 3 is 2.44 bits per heavy atom. The lowest BCUT2D eigenvalue weighted by atomic mass is 9.99. The maximum Gasteiger partial charge on any atom is 0.303 e. The van der Waals surface area contributed by atoms with E-state index in [1.54, 1.807) is 0 Å². The van der Waals surface area contributed by atoms with Crippen molar-refractivity contribution in [1.29, 1.82) is 0 Å². The molecule has 16 heavy (non-hydrogen) atoms. The smallest absolute Gasteiger partial charge is 0.303 e. The van der Waals surface area contributed by atoms with E-state index in [9.17, 15) is 15.0 Å². The zero-order valence-corrected chi connectivity index (χ0v) is 9.07. The molecule has 7 nitrogen and oxygen atoms in total. The van der Waals surface area contributed by atoms with Crippen LogP contribution in [0.5, 0.6) is 0 Å². The molecule has 1 heterocycles. The van der Waals surface area contributed by atoms with Gasteiger partial charge in [0.15, 0.2) is 12.4 Å². The van der Waals surface area contributed by atoms with Crippen LogP contribution in [0.25, 0.3) is 0 Å². The topological polar surface area (TPSA) is 105 Å². The Morgan fingerprint density at radius 2 is 2.00 bits per heavy atom. The summed E-state index contributed by atoms with van der Waals surface area (Å²) in [5, 5.41) is 28.3. The lowest BCUT2D eigenvalue weighted by molar-refractivity contribution is -0.296. The third kappa shape index (κ3) is 2.69. The van der Waals surface area contributed by atoms with Gasteiger partial charge in [0, 0.05) is 14.0 Å². The Hall–Kier alpha value is -0.730. The largest absolute Gasteiger partial charge is 0.457 e. The van der Waals surface area contributed by atoms with Crippen LogP contribution < -0.4 is 0 Å². The van der Waals surface area contributed by atoms with E-state index in [1.807, 2.05) is 0 Å². The van der Waals surface area contributed by atoms with Crippen molar-refractivity contribution in [3.8, 4) is 0 Å². The van der Waals surface area contributed by atoms with Crippen LogP contribution in [0.4, 0.5) is 0 Å². The van der Waals surface area contributed by atoms with E-state index in [1.165, 1.54) is 7.11 Å². The summed E-state index contributed by atoms with van der Waals surface area (Å²) in [7, 11) is 1.29. The summed E-state index contributed by atoms with van der Waals surface area (Å²) in [5.74, 6) is -0.630. The quantitative estimate of drug-likeness (QED) is 0.487. The Balaban J connectivity index is 2.77. The lowest BCUT2D eigenvalue weighted by Crippen LogP contribution is -2.60. The van der Waals surface area contributed by atoms with Crippen molar-refractivity contribution < 1.29 is 34.3 Å². The third-order valence-corrected chi connectivity index (χ3v) is 2.36. The minimum Gasteiger partial charge on any atom is -0.457 e. The predicted molar refractivity (Wildman–Crippen MR) is 50.3 cm³/mol. The Bertz CT molecular complexity index is 242. The van der Waals surface area contributed by atoms with Gasteiger partial charge in [0.25, 0.3) is 0 Å². The summed E-state index contributed by atoms with van der Waals surface area (Å²) in [5.41, 5.74) is 0. The summed E-state index contributed by atoms with van der Waals surface area (Å²) in [6.45, 7) is 0.706. The monoisotopic (exact) mass is 236 g/mol. The second-order valence-corrected chi connectivity index (χ2v) is 3.52. The first kappa shape index (κ1) is 13.3. The molecule has 1 fully saturated rings. The van der Waals surface area contributed by atoms with Crippen LogP contribution in [0.15, 0.2) is 0 Å². The number of hydrogen-bond donors (Lipinski definition) is 3. The zero-order chi connectivity index (χ0) is 12.3. The first-order valence-corrected chi connectivity index (χ1v) is 4.83. The molecule has 0 aromatic heterocycles. The van der Waals surface area contributed by atoms with Crippen LogP contribution in [0.1, 0.15) is 6.92 Å². The molecule has 5 atom stereocenters. The van der Waals surface area contributed by atoms with Gasteiger partial charge in [0.2, 0.25) is 0 Å². The van der Waals surface area contributed by atoms with Crippen LogP contribution in [0, 0.1) is 0 Å². The van der Waals surface area contributed by atoms with Gasteiger partial charge in [-0.1, -0.05) is 0 Å².